The molecule has 0 bridgehead atoms. The average molecular weight is 229 g/mol. The molecule has 1 aromatic carbocycles. The van der Waals surface area contributed by atoms with Crippen LogP contribution in [0.4, 0.5) is 5.69 Å². The van der Waals surface area contributed by atoms with Gasteiger partial charge in [-0.1, -0.05) is 11.6 Å². The number of rotatable bonds is 2. The minimum absolute atomic E-state index is 0.319. The van der Waals surface area contributed by atoms with E-state index in [0.717, 1.165) is 10.6 Å². The fourth-order valence-corrected chi connectivity index (χ4v) is 1.46. The smallest absolute Gasteiger partial charge is 0.279 e. The number of carbonyl (C=O) groups excluding carboxylic acids is 1. The molecule has 0 saturated carbocycles. The molecule has 0 spiro atoms. The third-order valence-electron chi connectivity index (χ3n) is 2.14. The van der Waals surface area contributed by atoms with E-state index in [-0.39, 0.29) is 5.91 Å². The third kappa shape index (κ3) is 2.40. The van der Waals surface area contributed by atoms with Crippen LogP contribution in [0.1, 0.15) is 15.9 Å². The number of aryl methyl sites for hydroxylation is 1. The largest absolute Gasteiger partial charge is 0.398 e. The molecule has 0 aliphatic heterocycles. The van der Waals surface area contributed by atoms with Crippen LogP contribution in [0, 0.1) is 6.92 Å². The molecule has 2 N–H and O–H groups in total. The number of nitrogens with two attached hydrogens (primary N) is 1. The summed E-state index contributed by atoms with van der Waals surface area (Å²) in [4.78, 5) is 16.5. The van der Waals surface area contributed by atoms with Gasteiger partial charge in [0, 0.05) is 17.8 Å². The Morgan fingerprint density at radius 2 is 2.13 bits per heavy atom. The van der Waals surface area contributed by atoms with Crippen molar-refractivity contribution in [3.8, 4) is 0 Å². The summed E-state index contributed by atoms with van der Waals surface area (Å²) in [6.45, 7) is 1.80. The van der Waals surface area contributed by atoms with Crippen molar-refractivity contribution in [1.82, 2.24) is 5.06 Å². The van der Waals surface area contributed by atoms with Crippen LogP contribution >= 0.6 is 11.6 Å². The first-order valence-electron chi connectivity index (χ1n) is 4.35. The van der Waals surface area contributed by atoms with Gasteiger partial charge in [0.25, 0.3) is 5.91 Å². The second kappa shape index (κ2) is 4.51. The fraction of sp³-hybridized carbons (Fsp3) is 0.300. The molecule has 0 unspecified atom stereocenters. The fourth-order valence-electron chi connectivity index (χ4n) is 1.18. The lowest BCUT2D eigenvalue weighted by Gasteiger charge is -2.16. The SMILES string of the molecule is CON(C)C(=O)c1cc(Cl)cc(C)c1N. The molecule has 0 radical (unpaired) electrons. The molecule has 0 fully saturated rings. The number of halogens is 1. The van der Waals surface area contributed by atoms with Gasteiger partial charge in [0.05, 0.1) is 12.7 Å². The van der Waals surface area contributed by atoms with Crippen molar-refractivity contribution in [2.45, 2.75) is 6.92 Å². The van der Waals surface area contributed by atoms with Crippen molar-refractivity contribution >= 4 is 23.2 Å². The first-order valence-corrected chi connectivity index (χ1v) is 4.73. The zero-order valence-electron chi connectivity index (χ0n) is 8.87. The summed E-state index contributed by atoms with van der Waals surface area (Å²) in [5.41, 5.74) is 7.33. The number of anilines is 1. The highest BCUT2D eigenvalue weighted by Gasteiger charge is 2.16. The van der Waals surface area contributed by atoms with Gasteiger partial charge in [0.1, 0.15) is 0 Å². The Morgan fingerprint density at radius 1 is 1.53 bits per heavy atom. The highest BCUT2D eigenvalue weighted by Crippen LogP contribution is 2.23. The number of hydroxylamine groups is 2. The highest BCUT2D eigenvalue weighted by molar-refractivity contribution is 6.31. The molecule has 0 atom stereocenters. The first-order chi connectivity index (χ1) is 6.97. The van der Waals surface area contributed by atoms with Crippen molar-refractivity contribution in [3.63, 3.8) is 0 Å². The number of amides is 1. The lowest BCUT2D eigenvalue weighted by atomic mass is 10.1. The van der Waals surface area contributed by atoms with Crippen molar-refractivity contribution in [2.24, 2.45) is 0 Å². The second-order valence-corrected chi connectivity index (χ2v) is 3.61. The lowest BCUT2D eigenvalue weighted by molar-refractivity contribution is -0.0756. The summed E-state index contributed by atoms with van der Waals surface area (Å²) in [6, 6.07) is 3.24. The number of nitrogen functional groups attached to an aromatic ring is 1. The molecular formula is C10H13ClN2O2. The molecule has 0 heterocycles. The van der Waals surface area contributed by atoms with Crippen LogP contribution in [0.25, 0.3) is 0 Å². The van der Waals surface area contributed by atoms with Crippen molar-refractivity contribution in [3.05, 3.63) is 28.3 Å². The van der Waals surface area contributed by atoms with Crippen molar-refractivity contribution < 1.29 is 9.63 Å². The van der Waals surface area contributed by atoms with E-state index in [2.05, 4.69) is 0 Å². The van der Waals surface area contributed by atoms with Crippen LogP contribution < -0.4 is 5.73 Å². The van der Waals surface area contributed by atoms with E-state index in [0.29, 0.717) is 16.3 Å². The third-order valence-corrected chi connectivity index (χ3v) is 2.36. The summed E-state index contributed by atoms with van der Waals surface area (Å²) < 4.78 is 0. The molecular weight excluding hydrogens is 216 g/mol. The van der Waals surface area contributed by atoms with Crippen molar-refractivity contribution in [2.75, 3.05) is 19.9 Å². The van der Waals surface area contributed by atoms with Crippen LogP contribution in [0.2, 0.25) is 5.02 Å². The van der Waals surface area contributed by atoms with Crippen LogP contribution in [0.5, 0.6) is 0 Å². The number of nitrogens with zero attached hydrogens (tertiary/aromatic N) is 1. The number of carbonyl (C=O) groups is 1. The number of benzene rings is 1. The van der Waals surface area contributed by atoms with Crippen LogP contribution in [0.3, 0.4) is 0 Å². The van der Waals surface area contributed by atoms with E-state index in [1.807, 2.05) is 0 Å². The lowest BCUT2D eigenvalue weighted by Crippen LogP contribution is -2.26. The Balaban J connectivity index is 3.19. The zero-order valence-corrected chi connectivity index (χ0v) is 9.63. The van der Waals surface area contributed by atoms with Crippen LogP contribution in [-0.4, -0.2) is 25.1 Å². The number of hydrogen-bond acceptors (Lipinski definition) is 3. The summed E-state index contributed by atoms with van der Waals surface area (Å²) in [5, 5.41) is 1.58. The monoisotopic (exact) mass is 228 g/mol. The Hall–Kier alpha value is -1.26. The maximum Gasteiger partial charge on any atom is 0.279 e. The van der Waals surface area contributed by atoms with Gasteiger partial charge in [-0.3, -0.25) is 9.63 Å². The van der Waals surface area contributed by atoms with E-state index >= 15 is 0 Å². The van der Waals surface area contributed by atoms with Gasteiger partial charge in [-0.15, -0.1) is 0 Å². The molecule has 1 rings (SSSR count). The van der Waals surface area contributed by atoms with E-state index in [1.54, 1.807) is 13.0 Å². The topological polar surface area (TPSA) is 55.6 Å². The van der Waals surface area contributed by atoms with Crippen molar-refractivity contribution in [1.29, 1.82) is 0 Å². The zero-order chi connectivity index (χ0) is 11.6. The van der Waals surface area contributed by atoms with Gasteiger partial charge in [0.2, 0.25) is 0 Å². The highest BCUT2D eigenvalue weighted by atomic mass is 35.5. The Bertz CT molecular complexity index is 393. The quantitative estimate of drug-likeness (QED) is 0.621. The standard InChI is InChI=1S/C10H13ClN2O2/c1-6-4-7(11)5-8(9(6)12)10(14)13(2)15-3/h4-5H,12H2,1-3H3. The molecule has 0 saturated heterocycles. The summed E-state index contributed by atoms with van der Waals surface area (Å²) in [6.07, 6.45) is 0. The molecule has 82 valence electrons. The minimum atomic E-state index is -0.319. The predicted molar refractivity (Wildman–Crippen MR) is 59.7 cm³/mol. The normalized spacial score (nSPS) is 10.1. The maximum absolute atomic E-state index is 11.8. The Morgan fingerprint density at radius 3 is 2.67 bits per heavy atom. The van der Waals surface area contributed by atoms with Gasteiger partial charge < -0.3 is 5.73 Å². The summed E-state index contributed by atoms with van der Waals surface area (Å²) >= 11 is 5.85. The minimum Gasteiger partial charge on any atom is -0.398 e. The van der Waals surface area contributed by atoms with Gasteiger partial charge in [-0.2, -0.15) is 0 Å². The van der Waals surface area contributed by atoms with Crippen LogP contribution in [-0.2, 0) is 4.84 Å². The molecule has 15 heavy (non-hydrogen) atoms. The van der Waals surface area contributed by atoms with Crippen LogP contribution in [0.15, 0.2) is 12.1 Å². The molecule has 0 aliphatic rings. The van der Waals surface area contributed by atoms with E-state index in [1.165, 1.54) is 20.2 Å². The van der Waals surface area contributed by atoms with Gasteiger partial charge in [-0.25, -0.2) is 5.06 Å². The molecule has 0 aliphatic carbocycles. The molecule has 5 heteroatoms. The van der Waals surface area contributed by atoms with E-state index < -0.39 is 0 Å². The molecule has 4 nitrogen and oxygen atoms in total. The second-order valence-electron chi connectivity index (χ2n) is 3.17. The Labute approximate surface area is 93.5 Å². The molecule has 1 aromatic rings. The summed E-state index contributed by atoms with van der Waals surface area (Å²) in [7, 11) is 2.92. The molecule has 0 aromatic heterocycles. The van der Waals surface area contributed by atoms with Gasteiger partial charge in [0.15, 0.2) is 0 Å². The maximum atomic E-state index is 11.8. The van der Waals surface area contributed by atoms with Gasteiger partial charge >= 0.3 is 0 Å². The van der Waals surface area contributed by atoms with E-state index in [9.17, 15) is 4.79 Å². The predicted octanol–water partition coefficient (Wildman–Crippen LogP) is 1.86. The van der Waals surface area contributed by atoms with E-state index in [4.69, 9.17) is 22.2 Å². The molecule has 1 amide bonds. The van der Waals surface area contributed by atoms with Gasteiger partial charge in [-0.05, 0) is 24.6 Å². The summed E-state index contributed by atoms with van der Waals surface area (Å²) in [5.74, 6) is -0.319. The Kier molecular flexibility index (Phi) is 3.55. The average Bonchev–Trinajstić information content (AvgIpc) is 2.21. The number of hydrogen-bond donors (Lipinski definition) is 1. The first kappa shape index (κ1) is 11.8.